The Morgan fingerprint density at radius 3 is 2.29 bits per heavy atom. The molecule has 0 bridgehead atoms. The van der Waals surface area contributed by atoms with Crippen molar-refractivity contribution < 1.29 is 4.79 Å². The van der Waals surface area contributed by atoms with Crippen LogP contribution in [0, 0.1) is 0 Å². The minimum absolute atomic E-state index is 0.0584. The topological polar surface area (TPSA) is 29.1 Å². The van der Waals surface area contributed by atoms with Gasteiger partial charge < -0.3 is 5.32 Å². The monoisotopic (exact) mass is 299 g/mol. The second-order valence-electron chi connectivity index (χ2n) is 5.25. The summed E-state index contributed by atoms with van der Waals surface area (Å²) in [7, 11) is 0. The molecule has 110 valence electrons. The highest BCUT2D eigenvalue weighted by Gasteiger charge is 2.04. The van der Waals surface area contributed by atoms with Gasteiger partial charge in [0.15, 0.2) is 0 Å². The molecule has 0 saturated carbocycles. The largest absolute Gasteiger partial charge is 0.352 e. The van der Waals surface area contributed by atoms with E-state index in [1.54, 1.807) is 0 Å². The van der Waals surface area contributed by atoms with Gasteiger partial charge in [-0.1, -0.05) is 56.3 Å². The van der Waals surface area contributed by atoms with Crippen molar-refractivity contribution in [1.82, 2.24) is 5.32 Å². The lowest BCUT2D eigenvalue weighted by molar-refractivity contribution is -0.120. The van der Waals surface area contributed by atoms with Crippen LogP contribution in [0.1, 0.15) is 25.0 Å². The maximum Gasteiger partial charge on any atom is 0.224 e. The van der Waals surface area contributed by atoms with Gasteiger partial charge in [0.25, 0.3) is 0 Å². The molecule has 0 heterocycles. The third kappa shape index (κ3) is 5.64. The number of carbonyl (C=O) groups excluding carboxylic acids is 1. The minimum Gasteiger partial charge on any atom is -0.352 e. The minimum atomic E-state index is 0.0584. The third-order valence-electron chi connectivity index (χ3n) is 2.99. The third-order valence-corrected chi connectivity index (χ3v) is 4.01. The first-order valence-corrected chi connectivity index (χ1v) is 8.07. The van der Waals surface area contributed by atoms with Gasteiger partial charge in [0.05, 0.1) is 6.42 Å². The van der Waals surface area contributed by atoms with Crippen LogP contribution in [0.25, 0.3) is 0 Å². The molecule has 0 aromatic heterocycles. The molecule has 1 amide bonds. The van der Waals surface area contributed by atoms with Crippen LogP contribution in [-0.2, 0) is 17.8 Å². The molecular weight excluding hydrogens is 278 g/mol. The number of hydrogen-bond donors (Lipinski definition) is 1. The quantitative estimate of drug-likeness (QED) is 0.815. The summed E-state index contributed by atoms with van der Waals surface area (Å²) >= 11 is 1.83. The number of carbonyl (C=O) groups is 1. The molecule has 0 saturated heterocycles. The SMILES string of the molecule is CC(C)Sc1ccc(CC(=O)NCc2ccccc2)cc1. The highest BCUT2D eigenvalue weighted by atomic mass is 32.2. The van der Waals surface area contributed by atoms with E-state index in [1.165, 1.54) is 4.90 Å². The second-order valence-corrected chi connectivity index (χ2v) is 6.90. The molecule has 0 fully saturated rings. The maximum atomic E-state index is 11.9. The molecule has 2 nitrogen and oxygen atoms in total. The van der Waals surface area contributed by atoms with Crippen molar-refractivity contribution in [3.8, 4) is 0 Å². The van der Waals surface area contributed by atoms with E-state index in [0.29, 0.717) is 18.2 Å². The number of amides is 1. The first-order chi connectivity index (χ1) is 10.1. The van der Waals surface area contributed by atoms with Gasteiger partial charge >= 0.3 is 0 Å². The second kappa shape index (κ2) is 7.89. The van der Waals surface area contributed by atoms with Crippen LogP contribution in [0.5, 0.6) is 0 Å². The van der Waals surface area contributed by atoms with Crippen molar-refractivity contribution in [2.24, 2.45) is 0 Å². The van der Waals surface area contributed by atoms with Crippen LogP contribution >= 0.6 is 11.8 Å². The van der Waals surface area contributed by atoms with Crippen LogP contribution in [0.3, 0.4) is 0 Å². The molecule has 2 aromatic carbocycles. The van der Waals surface area contributed by atoms with Crippen LogP contribution in [0.4, 0.5) is 0 Å². The van der Waals surface area contributed by atoms with E-state index >= 15 is 0 Å². The Labute approximate surface area is 131 Å². The number of benzene rings is 2. The van der Waals surface area contributed by atoms with Crippen molar-refractivity contribution in [2.45, 2.75) is 37.0 Å². The smallest absolute Gasteiger partial charge is 0.224 e. The van der Waals surface area contributed by atoms with Crippen molar-refractivity contribution >= 4 is 17.7 Å². The number of nitrogens with one attached hydrogen (secondary N) is 1. The lowest BCUT2D eigenvalue weighted by Gasteiger charge is -2.07. The lowest BCUT2D eigenvalue weighted by atomic mass is 10.1. The molecule has 0 unspecified atom stereocenters. The molecule has 2 rings (SSSR count). The van der Waals surface area contributed by atoms with Crippen molar-refractivity contribution in [1.29, 1.82) is 0 Å². The zero-order valence-corrected chi connectivity index (χ0v) is 13.3. The summed E-state index contributed by atoms with van der Waals surface area (Å²) in [6.07, 6.45) is 0.430. The fourth-order valence-corrected chi connectivity index (χ4v) is 2.84. The molecule has 0 aliphatic carbocycles. The average Bonchev–Trinajstić information content (AvgIpc) is 2.48. The van der Waals surface area contributed by atoms with Crippen LogP contribution in [0.2, 0.25) is 0 Å². The molecule has 3 heteroatoms. The molecule has 0 atom stereocenters. The Balaban J connectivity index is 1.82. The average molecular weight is 299 g/mol. The van der Waals surface area contributed by atoms with Crippen LogP contribution in [-0.4, -0.2) is 11.2 Å². The first-order valence-electron chi connectivity index (χ1n) is 7.19. The summed E-state index contributed by atoms with van der Waals surface area (Å²) in [5, 5.41) is 3.52. The summed E-state index contributed by atoms with van der Waals surface area (Å²) in [6.45, 7) is 4.94. The van der Waals surface area contributed by atoms with Crippen molar-refractivity contribution in [2.75, 3.05) is 0 Å². The summed E-state index contributed by atoms with van der Waals surface area (Å²) in [4.78, 5) is 13.2. The highest BCUT2D eigenvalue weighted by molar-refractivity contribution is 7.99. The van der Waals surface area contributed by atoms with E-state index < -0.39 is 0 Å². The van der Waals surface area contributed by atoms with Gasteiger partial charge in [-0.3, -0.25) is 4.79 Å². The fraction of sp³-hybridized carbons (Fsp3) is 0.278. The molecule has 0 spiro atoms. The Bertz CT molecular complexity index is 564. The molecule has 0 aliphatic rings. The van der Waals surface area contributed by atoms with Gasteiger partial charge in [-0.05, 0) is 23.3 Å². The summed E-state index contributed by atoms with van der Waals surface area (Å²) in [6, 6.07) is 18.2. The maximum absolute atomic E-state index is 11.9. The van der Waals surface area contributed by atoms with E-state index in [-0.39, 0.29) is 5.91 Å². The normalized spacial score (nSPS) is 10.6. The molecular formula is C18H21NOS. The van der Waals surface area contributed by atoms with Crippen molar-refractivity contribution in [3.63, 3.8) is 0 Å². The number of thioether (sulfide) groups is 1. The van der Waals surface area contributed by atoms with Crippen molar-refractivity contribution in [3.05, 3.63) is 65.7 Å². The predicted octanol–water partition coefficient (Wildman–Crippen LogP) is 4.05. The Morgan fingerprint density at radius 1 is 1.00 bits per heavy atom. The zero-order valence-electron chi connectivity index (χ0n) is 12.5. The van der Waals surface area contributed by atoms with Gasteiger partial charge in [0, 0.05) is 16.7 Å². The Hall–Kier alpha value is -1.74. The number of hydrogen-bond acceptors (Lipinski definition) is 2. The van der Waals surface area contributed by atoms with Gasteiger partial charge in [-0.15, -0.1) is 11.8 Å². The highest BCUT2D eigenvalue weighted by Crippen LogP contribution is 2.22. The Kier molecular flexibility index (Phi) is 5.88. The Morgan fingerprint density at radius 2 is 1.67 bits per heavy atom. The molecule has 2 aromatic rings. The molecule has 0 aliphatic heterocycles. The van der Waals surface area contributed by atoms with E-state index in [1.807, 2.05) is 54.2 Å². The van der Waals surface area contributed by atoms with E-state index in [4.69, 9.17) is 0 Å². The molecule has 1 N–H and O–H groups in total. The zero-order chi connectivity index (χ0) is 15.1. The molecule has 0 radical (unpaired) electrons. The predicted molar refractivity (Wildman–Crippen MR) is 89.4 cm³/mol. The number of rotatable bonds is 6. The van der Waals surface area contributed by atoms with Crippen LogP contribution in [0.15, 0.2) is 59.5 Å². The first kappa shape index (κ1) is 15.6. The summed E-state index contributed by atoms with van der Waals surface area (Å²) in [5.41, 5.74) is 2.17. The van der Waals surface area contributed by atoms with Crippen LogP contribution < -0.4 is 5.32 Å². The summed E-state index contributed by atoms with van der Waals surface area (Å²) < 4.78 is 0. The van der Waals surface area contributed by atoms with Gasteiger partial charge in [-0.25, -0.2) is 0 Å². The fourth-order valence-electron chi connectivity index (χ4n) is 2.00. The summed E-state index contributed by atoms with van der Waals surface area (Å²) in [5.74, 6) is 0.0584. The van der Waals surface area contributed by atoms with Gasteiger partial charge in [0.2, 0.25) is 5.91 Å². The van der Waals surface area contributed by atoms with Gasteiger partial charge in [0.1, 0.15) is 0 Å². The van der Waals surface area contributed by atoms with E-state index in [2.05, 4.69) is 31.3 Å². The lowest BCUT2D eigenvalue weighted by Crippen LogP contribution is -2.24. The van der Waals surface area contributed by atoms with E-state index in [9.17, 15) is 4.79 Å². The van der Waals surface area contributed by atoms with E-state index in [0.717, 1.165) is 11.1 Å². The standard InChI is InChI=1S/C18H21NOS/c1-14(2)21-17-10-8-15(9-11-17)12-18(20)19-13-16-6-4-3-5-7-16/h3-11,14H,12-13H2,1-2H3,(H,19,20). The van der Waals surface area contributed by atoms with Gasteiger partial charge in [-0.2, -0.15) is 0 Å². The molecule has 21 heavy (non-hydrogen) atoms.